The molecular formula is C25H23Cl2N5O2S. The van der Waals surface area contributed by atoms with Gasteiger partial charge in [0.25, 0.3) is 5.91 Å². The van der Waals surface area contributed by atoms with Crippen molar-refractivity contribution in [3.05, 3.63) is 75.8 Å². The largest absolute Gasteiger partial charge is 0.479 e. The third kappa shape index (κ3) is 5.90. The zero-order valence-electron chi connectivity index (χ0n) is 19.3. The van der Waals surface area contributed by atoms with Crippen molar-refractivity contribution in [3.63, 3.8) is 0 Å². The van der Waals surface area contributed by atoms with Crippen LogP contribution in [0.4, 0.5) is 5.69 Å². The van der Waals surface area contributed by atoms with Gasteiger partial charge in [0.05, 0.1) is 10.7 Å². The third-order valence-corrected chi connectivity index (χ3v) is 6.09. The summed E-state index contributed by atoms with van der Waals surface area (Å²) in [7, 11) is 0. The minimum Gasteiger partial charge on any atom is -0.479 e. The molecule has 0 spiro atoms. The SMILES string of the molecule is CCc1ccc(-n2nc3cc(C)c(NC(=S)NC(=O)C(C)Oc4ccc(Cl)cc4Cl)cc3n2)cc1. The Morgan fingerprint density at radius 3 is 2.43 bits per heavy atom. The number of benzene rings is 3. The van der Waals surface area contributed by atoms with Crippen LogP contribution in [0.2, 0.25) is 10.0 Å². The Morgan fingerprint density at radius 2 is 1.77 bits per heavy atom. The summed E-state index contributed by atoms with van der Waals surface area (Å²) in [6.07, 6.45) is 0.134. The molecular weight excluding hydrogens is 505 g/mol. The molecule has 7 nitrogen and oxygen atoms in total. The highest BCUT2D eigenvalue weighted by molar-refractivity contribution is 7.80. The predicted molar refractivity (Wildman–Crippen MR) is 144 cm³/mol. The highest BCUT2D eigenvalue weighted by Crippen LogP contribution is 2.28. The van der Waals surface area contributed by atoms with E-state index in [-0.39, 0.29) is 5.11 Å². The monoisotopic (exact) mass is 527 g/mol. The molecule has 4 rings (SSSR count). The summed E-state index contributed by atoms with van der Waals surface area (Å²) >= 11 is 17.4. The number of nitrogens with one attached hydrogen (secondary N) is 2. The van der Waals surface area contributed by atoms with Crippen molar-refractivity contribution in [3.8, 4) is 11.4 Å². The first kappa shape index (κ1) is 24.9. The second kappa shape index (κ2) is 10.6. The summed E-state index contributed by atoms with van der Waals surface area (Å²) in [4.78, 5) is 14.2. The van der Waals surface area contributed by atoms with E-state index in [0.717, 1.165) is 23.2 Å². The van der Waals surface area contributed by atoms with Crippen molar-refractivity contribution in [2.24, 2.45) is 0 Å². The number of hydrogen-bond donors (Lipinski definition) is 2. The van der Waals surface area contributed by atoms with E-state index in [1.807, 2.05) is 31.2 Å². The lowest BCUT2D eigenvalue weighted by atomic mass is 10.2. The van der Waals surface area contributed by atoms with Crippen LogP contribution in [0.25, 0.3) is 16.7 Å². The molecule has 0 aliphatic heterocycles. The van der Waals surface area contributed by atoms with Crippen molar-refractivity contribution >= 4 is 63.2 Å². The average Bonchev–Trinajstić information content (AvgIpc) is 3.23. The van der Waals surface area contributed by atoms with E-state index in [1.165, 1.54) is 5.56 Å². The number of anilines is 1. The fraction of sp³-hybridized carbons (Fsp3) is 0.200. The van der Waals surface area contributed by atoms with Gasteiger partial charge in [-0.3, -0.25) is 10.1 Å². The average molecular weight is 528 g/mol. The Hall–Kier alpha value is -3.20. The maximum atomic E-state index is 12.6. The molecule has 1 heterocycles. The van der Waals surface area contributed by atoms with Crippen LogP contribution in [-0.4, -0.2) is 32.1 Å². The molecule has 0 aliphatic carbocycles. The summed E-state index contributed by atoms with van der Waals surface area (Å²) in [5, 5.41) is 15.8. The lowest BCUT2D eigenvalue weighted by molar-refractivity contribution is -0.125. The Bertz CT molecular complexity index is 1410. The number of aromatic nitrogens is 3. The van der Waals surface area contributed by atoms with Crippen molar-refractivity contribution in [2.75, 3.05) is 5.32 Å². The summed E-state index contributed by atoms with van der Waals surface area (Å²) in [6, 6.07) is 16.7. The quantitative estimate of drug-likeness (QED) is 0.305. The number of nitrogens with zero attached hydrogens (tertiary/aromatic N) is 3. The third-order valence-electron chi connectivity index (χ3n) is 5.35. The highest BCUT2D eigenvalue weighted by Gasteiger charge is 2.18. The number of hydrogen-bond acceptors (Lipinski definition) is 5. The van der Waals surface area contributed by atoms with Crippen LogP contribution in [0, 0.1) is 6.92 Å². The van der Waals surface area contributed by atoms with Gasteiger partial charge in [-0.1, -0.05) is 42.3 Å². The van der Waals surface area contributed by atoms with Gasteiger partial charge in [-0.05, 0) is 86.1 Å². The number of thiocarbonyl (C=S) groups is 1. The van der Waals surface area contributed by atoms with Crippen LogP contribution in [0.5, 0.6) is 5.75 Å². The van der Waals surface area contributed by atoms with Gasteiger partial charge in [0.15, 0.2) is 11.2 Å². The Kier molecular flexibility index (Phi) is 7.54. The topological polar surface area (TPSA) is 81.1 Å². The molecule has 1 amide bonds. The fourth-order valence-electron chi connectivity index (χ4n) is 3.36. The molecule has 10 heteroatoms. The van der Waals surface area contributed by atoms with E-state index in [2.05, 4.69) is 39.9 Å². The zero-order chi connectivity index (χ0) is 25.1. The van der Waals surface area contributed by atoms with Gasteiger partial charge in [-0.2, -0.15) is 4.80 Å². The van der Waals surface area contributed by atoms with E-state index < -0.39 is 12.0 Å². The molecule has 35 heavy (non-hydrogen) atoms. The van der Waals surface area contributed by atoms with Gasteiger partial charge >= 0.3 is 0 Å². The van der Waals surface area contributed by atoms with Crippen LogP contribution in [0.1, 0.15) is 25.0 Å². The van der Waals surface area contributed by atoms with Gasteiger partial charge < -0.3 is 10.1 Å². The molecule has 0 bridgehead atoms. The minimum absolute atomic E-state index is 0.137. The van der Waals surface area contributed by atoms with Gasteiger partial charge in [-0.25, -0.2) is 0 Å². The summed E-state index contributed by atoms with van der Waals surface area (Å²) in [5.74, 6) is -0.0694. The number of carbonyl (C=O) groups is 1. The molecule has 3 aromatic carbocycles. The summed E-state index contributed by atoms with van der Waals surface area (Å²) in [5.41, 5.74) is 5.19. The van der Waals surface area contributed by atoms with Gasteiger partial charge in [0, 0.05) is 10.7 Å². The first-order valence-electron chi connectivity index (χ1n) is 10.9. The van der Waals surface area contributed by atoms with E-state index in [4.69, 9.17) is 40.2 Å². The summed E-state index contributed by atoms with van der Waals surface area (Å²) < 4.78 is 5.64. The Balaban J connectivity index is 1.43. The fourth-order valence-corrected chi connectivity index (χ4v) is 4.03. The Labute approximate surface area is 218 Å². The standard InChI is InChI=1S/C25H23Cl2N5O2S/c1-4-16-5-8-18(9-6-16)32-30-21-11-14(2)20(13-22(21)31-32)28-25(35)29-24(33)15(3)34-23-10-7-17(26)12-19(23)27/h5-13,15H,4H2,1-3H3,(H2,28,29,33,35). The molecule has 0 fully saturated rings. The number of amides is 1. The van der Waals surface area contributed by atoms with Gasteiger partial charge in [0.2, 0.25) is 0 Å². The maximum absolute atomic E-state index is 12.6. The van der Waals surface area contributed by atoms with Gasteiger partial charge in [-0.15, -0.1) is 10.2 Å². The van der Waals surface area contributed by atoms with Crippen LogP contribution in [0.3, 0.4) is 0 Å². The molecule has 4 aromatic rings. The molecule has 0 saturated heterocycles. The predicted octanol–water partition coefficient (Wildman–Crippen LogP) is 5.88. The molecule has 1 aromatic heterocycles. The van der Waals surface area contributed by atoms with Crippen LogP contribution < -0.4 is 15.4 Å². The first-order valence-corrected chi connectivity index (χ1v) is 12.1. The summed E-state index contributed by atoms with van der Waals surface area (Å²) in [6.45, 7) is 5.64. The number of fused-ring (bicyclic) bond motifs is 1. The smallest absolute Gasteiger partial charge is 0.266 e. The second-order valence-electron chi connectivity index (χ2n) is 7.94. The first-order chi connectivity index (χ1) is 16.7. The molecule has 2 N–H and O–H groups in total. The molecule has 180 valence electrons. The normalized spacial score (nSPS) is 11.8. The van der Waals surface area contributed by atoms with E-state index in [0.29, 0.717) is 27.0 Å². The van der Waals surface area contributed by atoms with E-state index in [9.17, 15) is 4.79 Å². The van der Waals surface area contributed by atoms with E-state index in [1.54, 1.807) is 29.9 Å². The molecule has 1 atom stereocenters. The van der Waals surface area contributed by atoms with Crippen LogP contribution >= 0.6 is 35.4 Å². The second-order valence-corrected chi connectivity index (χ2v) is 9.20. The number of halogens is 2. The Morgan fingerprint density at radius 1 is 1.09 bits per heavy atom. The molecule has 0 saturated carbocycles. The molecule has 1 unspecified atom stereocenters. The van der Waals surface area contributed by atoms with Crippen LogP contribution in [0.15, 0.2) is 54.6 Å². The maximum Gasteiger partial charge on any atom is 0.266 e. The highest BCUT2D eigenvalue weighted by atomic mass is 35.5. The number of carbonyl (C=O) groups excluding carboxylic acids is 1. The molecule has 0 radical (unpaired) electrons. The lowest BCUT2D eigenvalue weighted by Crippen LogP contribution is -2.42. The van der Waals surface area contributed by atoms with Gasteiger partial charge in [0.1, 0.15) is 16.8 Å². The minimum atomic E-state index is -0.837. The zero-order valence-corrected chi connectivity index (χ0v) is 21.6. The number of aryl methyl sites for hydroxylation is 2. The number of ether oxygens (including phenoxy) is 1. The van der Waals surface area contributed by atoms with E-state index >= 15 is 0 Å². The van der Waals surface area contributed by atoms with Crippen molar-refractivity contribution in [1.82, 2.24) is 20.3 Å². The lowest BCUT2D eigenvalue weighted by Gasteiger charge is -2.17. The van der Waals surface area contributed by atoms with Crippen LogP contribution in [-0.2, 0) is 11.2 Å². The van der Waals surface area contributed by atoms with Crippen molar-refractivity contribution in [2.45, 2.75) is 33.3 Å². The van der Waals surface area contributed by atoms with Crippen molar-refractivity contribution < 1.29 is 9.53 Å². The number of rotatable bonds is 6. The van der Waals surface area contributed by atoms with Crippen molar-refractivity contribution in [1.29, 1.82) is 0 Å². The molecule has 0 aliphatic rings.